The average Bonchev–Trinajstić information content (AvgIpc) is 2.84. The van der Waals surface area contributed by atoms with Gasteiger partial charge in [-0.1, -0.05) is 145 Å². The van der Waals surface area contributed by atoms with Gasteiger partial charge in [0.05, 0.1) is 0 Å². The molecule has 1 aliphatic rings. The van der Waals surface area contributed by atoms with E-state index in [0.29, 0.717) is 0 Å². The molecular weight excluding hydrogens is 460 g/mol. The van der Waals surface area contributed by atoms with Crippen LogP contribution in [-0.2, 0) is 4.79 Å². The second kappa shape index (κ2) is 17.9. The van der Waals surface area contributed by atoms with Crippen molar-refractivity contribution in [2.24, 2.45) is 5.41 Å². The number of allylic oxidation sites excluding steroid dienone is 24. The maximum absolute atomic E-state index is 10.3. The Bertz CT molecular complexity index is 1150. The van der Waals surface area contributed by atoms with Crippen LogP contribution in [0.4, 0.5) is 0 Å². The highest BCUT2D eigenvalue weighted by Crippen LogP contribution is 2.40. The maximum atomic E-state index is 10.3. The van der Waals surface area contributed by atoms with E-state index >= 15 is 0 Å². The summed E-state index contributed by atoms with van der Waals surface area (Å²) in [5.41, 5.74) is 9.17. The van der Waals surface area contributed by atoms with Crippen LogP contribution in [0.25, 0.3) is 0 Å². The van der Waals surface area contributed by atoms with Gasteiger partial charge in [0.2, 0.25) is 0 Å². The summed E-state index contributed by atoms with van der Waals surface area (Å²) in [5, 5.41) is 0. The Morgan fingerprint density at radius 1 is 0.605 bits per heavy atom. The van der Waals surface area contributed by atoms with Crippen molar-refractivity contribution in [3.63, 3.8) is 0 Å². The number of carbonyl (C=O) groups is 1. The van der Waals surface area contributed by atoms with Gasteiger partial charge in [0, 0.05) is 0 Å². The fourth-order valence-corrected chi connectivity index (χ4v) is 4.16. The number of aldehydes is 1. The summed E-state index contributed by atoms with van der Waals surface area (Å²) in [5.74, 6) is 0. The molecule has 202 valence electrons. The van der Waals surface area contributed by atoms with E-state index in [9.17, 15) is 4.79 Å². The molecule has 0 spiro atoms. The normalized spacial score (nSPS) is 19.1. The number of rotatable bonds is 12. The van der Waals surface area contributed by atoms with Crippen molar-refractivity contribution in [2.75, 3.05) is 0 Å². The lowest BCUT2D eigenvalue weighted by Gasteiger charge is -2.32. The van der Waals surface area contributed by atoms with Crippen molar-refractivity contribution in [2.45, 2.75) is 74.7 Å². The highest BCUT2D eigenvalue weighted by molar-refractivity contribution is 5.65. The van der Waals surface area contributed by atoms with Crippen LogP contribution in [0.2, 0.25) is 0 Å². The van der Waals surface area contributed by atoms with Crippen LogP contribution in [0.1, 0.15) is 74.7 Å². The predicted octanol–water partition coefficient (Wildman–Crippen LogP) is 10.8. The largest absolute Gasteiger partial charge is 0.299 e. The smallest absolute Gasteiger partial charge is 0.142 e. The zero-order valence-corrected chi connectivity index (χ0v) is 24.9. The predicted molar refractivity (Wildman–Crippen MR) is 170 cm³/mol. The Morgan fingerprint density at radius 2 is 1.00 bits per heavy atom. The third kappa shape index (κ3) is 14.3. The summed E-state index contributed by atoms with van der Waals surface area (Å²) in [7, 11) is 0. The second-order valence-corrected chi connectivity index (χ2v) is 10.8. The summed E-state index contributed by atoms with van der Waals surface area (Å²) in [4.78, 5) is 10.3. The molecule has 0 atom stereocenters. The van der Waals surface area contributed by atoms with Crippen LogP contribution in [0.5, 0.6) is 0 Å². The Balaban J connectivity index is 2.62. The molecule has 1 heteroatoms. The third-order valence-electron chi connectivity index (χ3n) is 6.48. The van der Waals surface area contributed by atoms with E-state index in [1.54, 1.807) is 6.08 Å². The highest BCUT2D eigenvalue weighted by Gasteiger charge is 2.26. The van der Waals surface area contributed by atoms with Crippen molar-refractivity contribution in [1.29, 1.82) is 0 Å². The SMILES string of the molecule is CC(C=CC=C(C)C=CC=C(C)C=CC=O)=CC=CC=C(C)C=CC=C(C)C=CC1=C(C)CCCC1(C)C. The third-order valence-corrected chi connectivity index (χ3v) is 6.48. The zero-order valence-electron chi connectivity index (χ0n) is 24.9. The number of carbonyl (C=O) groups excluding carboxylic acids is 1. The summed E-state index contributed by atoms with van der Waals surface area (Å²) >= 11 is 0. The molecule has 0 radical (unpaired) electrons. The zero-order chi connectivity index (χ0) is 28.4. The molecule has 0 heterocycles. The molecule has 1 rings (SSSR count). The Hall–Kier alpha value is -3.45. The molecule has 38 heavy (non-hydrogen) atoms. The molecule has 0 unspecified atom stereocenters. The molecule has 0 aromatic heterocycles. The summed E-state index contributed by atoms with van der Waals surface area (Å²) in [6, 6.07) is 0. The van der Waals surface area contributed by atoms with E-state index in [4.69, 9.17) is 0 Å². The molecular formula is C37H48O. The lowest BCUT2D eigenvalue weighted by atomic mass is 9.72. The van der Waals surface area contributed by atoms with Crippen LogP contribution in [0.15, 0.2) is 142 Å². The number of hydrogen-bond acceptors (Lipinski definition) is 1. The molecule has 0 amide bonds. The molecule has 0 fully saturated rings. The van der Waals surface area contributed by atoms with Crippen molar-refractivity contribution in [3.8, 4) is 0 Å². The van der Waals surface area contributed by atoms with Gasteiger partial charge in [-0.05, 0) is 77.9 Å². The molecule has 0 saturated heterocycles. The topological polar surface area (TPSA) is 17.1 Å². The second-order valence-electron chi connectivity index (χ2n) is 10.8. The van der Waals surface area contributed by atoms with Gasteiger partial charge in [0.1, 0.15) is 6.29 Å². The molecule has 0 N–H and O–H groups in total. The van der Waals surface area contributed by atoms with Crippen LogP contribution >= 0.6 is 0 Å². The highest BCUT2D eigenvalue weighted by atomic mass is 16.1. The summed E-state index contributed by atoms with van der Waals surface area (Å²) in [6.45, 7) is 17.4. The molecule has 0 bridgehead atoms. The van der Waals surface area contributed by atoms with Crippen molar-refractivity contribution in [1.82, 2.24) is 0 Å². The Labute approximate surface area is 233 Å². The van der Waals surface area contributed by atoms with Crippen molar-refractivity contribution >= 4 is 6.29 Å². The van der Waals surface area contributed by atoms with Gasteiger partial charge in [-0.25, -0.2) is 0 Å². The number of hydrogen-bond donors (Lipinski definition) is 0. The molecule has 0 saturated carbocycles. The molecule has 1 nitrogen and oxygen atoms in total. The minimum atomic E-state index is 0.282. The van der Waals surface area contributed by atoms with Gasteiger partial charge < -0.3 is 0 Å². The minimum absolute atomic E-state index is 0.282. The first-order valence-electron chi connectivity index (χ1n) is 13.6. The lowest BCUT2D eigenvalue weighted by Crippen LogP contribution is -2.19. The first-order chi connectivity index (χ1) is 18.0. The minimum Gasteiger partial charge on any atom is -0.299 e. The van der Waals surface area contributed by atoms with Crippen LogP contribution in [0.3, 0.4) is 0 Å². The van der Waals surface area contributed by atoms with Crippen molar-refractivity contribution < 1.29 is 4.79 Å². The first-order valence-corrected chi connectivity index (χ1v) is 13.6. The van der Waals surface area contributed by atoms with Gasteiger partial charge >= 0.3 is 0 Å². The van der Waals surface area contributed by atoms with E-state index in [2.05, 4.69) is 121 Å². The average molecular weight is 509 g/mol. The Morgan fingerprint density at radius 3 is 1.42 bits per heavy atom. The van der Waals surface area contributed by atoms with Gasteiger partial charge in [-0.15, -0.1) is 0 Å². The van der Waals surface area contributed by atoms with Crippen LogP contribution < -0.4 is 0 Å². The van der Waals surface area contributed by atoms with E-state index in [1.165, 1.54) is 53.2 Å². The fraction of sp³-hybridized carbons (Fsp3) is 0.324. The van der Waals surface area contributed by atoms with E-state index in [1.807, 2.05) is 25.2 Å². The van der Waals surface area contributed by atoms with Gasteiger partial charge in [0.15, 0.2) is 0 Å². The lowest BCUT2D eigenvalue weighted by molar-refractivity contribution is -0.104. The maximum Gasteiger partial charge on any atom is 0.142 e. The van der Waals surface area contributed by atoms with Gasteiger partial charge in [-0.3, -0.25) is 4.79 Å². The van der Waals surface area contributed by atoms with E-state index in [-0.39, 0.29) is 5.41 Å². The van der Waals surface area contributed by atoms with Crippen LogP contribution in [0, 0.1) is 5.41 Å². The summed E-state index contributed by atoms with van der Waals surface area (Å²) < 4.78 is 0. The van der Waals surface area contributed by atoms with Gasteiger partial charge in [0.25, 0.3) is 0 Å². The monoisotopic (exact) mass is 508 g/mol. The quantitative estimate of drug-likeness (QED) is 0.145. The van der Waals surface area contributed by atoms with E-state index < -0.39 is 0 Å². The van der Waals surface area contributed by atoms with Gasteiger partial charge in [-0.2, -0.15) is 0 Å². The molecule has 0 aromatic rings. The Kier molecular flexibility index (Phi) is 15.4. The van der Waals surface area contributed by atoms with E-state index in [0.717, 1.165) is 17.4 Å². The van der Waals surface area contributed by atoms with Crippen LogP contribution in [-0.4, -0.2) is 6.29 Å². The summed E-state index contributed by atoms with van der Waals surface area (Å²) in [6.07, 6.45) is 39.5. The fourth-order valence-electron chi connectivity index (χ4n) is 4.16. The molecule has 0 aliphatic heterocycles. The first kappa shape index (κ1) is 32.6. The molecule has 0 aromatic carbocycles. The van der Waals surface area contributed by atoms with Crippen molar-refractivity contribution in [3.05, 3.63) is 142 Å². The molecule has 1 aliphatic carbocycles. The standard InChI is InChI=1S/C37H48O/c1-30(18-11-20-32(3)21-12-22-33(4)24-15-29-38)16-9-10-17-31(2)19-13-23-34(5)26-27-36-35(6)25-14-28-37(36,7)8/h9-13,15-24,26-27,29H,14,25,28H2,1-8H3.